The fraction of sp³-hybridized carbons (Fsp3) is 0.158. The van der Waals surface area contributed by atoms with Crippen molar-refractivity contribution in [3.8, 4) is 17.1 Å². The Morgan fingerprint density at radius 3 is 2.56 bits per heavy atom. The number of aromatic nitrogens is 2. The van der Waals surface area contributed by atoms with Gasteiger partial charge in [-0.1, -0.05) is 31.2 Å². The van der Waals surface area contributed by atoms with Gasteiger partial charge in [0.2, 0.25) is 5.88 Å². The maximum atomic E-state index is 13.8. The summed E-state index contributed by atoms with van der Waals surface area (Å²) in [5.74, 6) is -0.383. The van der Waals surface area contributed by atoms with E-state index >= 15 is 0 Å². The third-order valence-corrected chi connectivity index (χ3v) is 5.05. The van der Waals surface area contributed by atoms with Crippen molar-refractivity contribution in [1.82, 2.24) is 10.2 Å². The molecule has 0 radical (unpaired) electrons. The van der Waals surface area contributed by atoms with Gasteiger partial charge in [0.1, 0.15) is 10.7 Å². The van der Waals surface area contributed by atoms with Crippen LogP contribution in [-0.4, -0.2) is 25.2 Å². The molecule has 0 aliphatic rings. The number of anilines is 1. The number of rotatable bonds is 7. The molecule has 0 saturated heterocycles. The van der Waals surface area contributed by atoms with Gasteiger partial charge in [0, 0.05) is 17.3 Å². The highest BCUT2D eigenvalue weighted by Crippen LogP contribution is 2.24. The Kier molecular flexibility index (Phi) is 5.66. The van der Waals surface area contributed by atoms with Crippen LogP contribution in [0.5, 0.6) is 5.88 Å². The van der Waals surface area contributed by atoms with E-state index in [9.17, 15) is 12.8 Å². The first-order valence-electron chi connectivity index (χ1n) is 8.34. The van der Waals surface area contributed by atoms with Crippen molar-refractivity contribution in [3.05, 3.63) is 66.5 Å². The number of sulfonamides is 1. The van der Waals surface area contributed by atoms with E-state index < -0.39 is 20.7 Å². The van der Waals surface area contributed by atoms with Gasteiger partial charge in [-0.25, -0.2) is 12.8 Å². The van der Waals surface area contributed by atoms with Gasteiger partial charge in [0.15, 0.2) is 0 Å². The van der Waals surface area contributed by atoms with Crippen LogP contribution >= 0.6 is 0 Å². The standard InChI is InChI=1S/C19H18FN3O3S/c1-2-12-26-19-11-10-17(21-22-19)14-6-5-7-15(13-14)23-27(24,25)18-9-4-3-8-16(18)20/h3-11,13,23H,2,12H2,1H3. The van der Waals surface area contributed by atoms with Crippen LogP contribution in [0, 0.1) is 5.82 Å². The van der Waals surface area contributed by atoms with Crippen LogP contribution in [0.3, 0.4) is 0 Å². The molecule has 6 nitrogen and oxygen atoms in total. The molecule has 27 heavy (non-hydrogen) atoms. The van der Waals surface area contributed by atoms with Crippen molar-refractivity contribution in [3.63, 3.8) is 0 Å². The maximum absolute atomic E-state index is 13.8. The average molecular weight is 387 g/mol. The minimum atomic E-state index is -4.04. The van der Waals surface area contributed by atoms with Crippen molar-refractivity contribution in [1.29, 1.82) is 0 Å². The minimum absolute atomic E-state index is 0.295. The maximum Gasteiger partial charge on any atom is 0.264 e. The fourth-order valence-electron chi connectivity index (χ4n) is 2.37. The highest BCUT2D eigenvalue weighted by molar-refractivity contribution is 7.92. The molecule has 0 aliphatic heterocycles. The lowest BCUT2D eigenvalue weighted by Gasteiger charge is -2.10. The zero-order chi connectivity index (χ0) is 19.3. The van der Waals surface area contributed by atoms with Gasteiger partial charge >= 0.3 is 0 Å². The van der Waals surface area contributed by atoms with E-state index in [-0.39, 0.29) is 0 Å². The molecule has 2 aromatic carbocycles. The van der Waals surface area contributed by atoms with Crippen LogP contribution in [0.25, 0.3) is 11.3 Å². The molecular formula is C19H18FN3O3S. The summed E-state index contributed by atoms with van der Waals surface area (Å²) in [6.07, 6.45) is 0.869. The molecule has 0 bridgehead atoms. The first kappa shape index (κ1) is 18.8. The number of hydrogen-bond acceptors (Lipinski definition) is 5. The number of ether oxygens (including phenoxy) is 1. The van der Waals surface area contributed by atoms with Gasteiger partial charge in [-0.3, -0.25) is 4.72 Å². The lowest BCUT2D eigenvalue weighted by atomic mass is 10.1. The van der Waals surface area contributed by atoms with E-state index in [1.165, 1.54) is 18.2 Å². The molecule has 0 spiro atoms. The summed E-state index contributed by atoms with van der Waals surface area (Å²) >= 11 is 0. The zero-order valence-electron chi connectivity index (χ0n) is 14.6. The fourth-order valence-corrected chi connectivity index (χ4v) is 3.50. The minimum Gasteiger partial charge on any atom is -0.477 e. The SMILES string of the molecule is CCCOc1ccc(-c2cccc(NS(=O)(=O)c3ccccc3F)c2)nn1. The van der Waals surface area contributed by atoms with Crippen LogP contribution in [0.1, 0.15) is 13.3 Å². The van der Waals surface area contributed by atoms with E-state index in [1.807, 2.05) is 6.92 Å². The number of nitrogens with one attached hydrogen (secondary N) is 1. The summed E-state index contributed by atoms with van der Waals surface area (Å²) in [5.41, 5.74) is 1.52. The molecule has 8 heteroatoms. The monoisotopic (exact) mass is 387 g/mol. The van der Waals surface area contributed by atoms with Crippen molar-refractivity contribution in [2.45, 2.75) is 18.2 Å². The molecule has 1 heterocycles. The third-order valence-electron chi connectivity index (χ3n) is 3.63. The first-order valence-corrected chi connectivity index (χ1v) is 9.82. The Bertz CT molecular complexity index is 1020. The van der Waals surface area contributed by atoms with E-state index in [1.54, 1.807) is 36.4 Å². The van der Waals surface area contributed by atoms with Crippen LogP contribution in [0.15, 0.2) is 65.6 Å². The summed E-state index contributed by atoms with van der Waals surface area (Å²) < 4.78 is 46.4. The third kappa shape index (κ3) is 4.59. The largest absolute Gasteiger partial charge is 0.477 e. The smallest absolute Gasteiger partial charge is 0.264 e. The highest BCUT2D eigenvalue weighted by Gasteiger charge is 2.18. The van der Waals surface area contributed by atoms with E-state index in [2.05, 4.69) is 14.9 Å². The number of halogens is 1. The molecular weight excluding hydrogens is 369 g/mol. The quantitative estimate of drug-likeness (QED) is 0.665. The van der Waals surface area contributed by atoms with Crippen molar-refractivity contribution < 1.29 is 17.5 Å². The molecule has 3 rings (SSSR count). The molecule has 1 aromatic heterocycles. The Hall–Kier alpha value is -3.00. The van der Waals surface area contributed by atoms with Gasteiger partial charge < -0.3 is 4.74 Å². The van der Waals surface area contributed by atoms with Gasteiger partial charge in [0.05, 0.1) is 12.3 Å². The average Bonchev–Trinajstić information content (AvgIpc) is 2.67. The van der Waals surface area contributed by atoms with Gasteiger partial charge in [-0.05, 0) is 36.8 Å². The number of nitrogens with zero attached hydrogens (tertiary/aromatic N) is 2. The summed E-state index contributed by atoms with van der Waals surface area (Å²) in [6.45, 7) is 2.55. The Morgan fingerprint density at radius 1 is 1.04 bits per heavy atom. The molecule has 0 fully saturated rings. The lowest BCUT2D eigenvalue weighted by Crippen LogP contribution is -2.14. The Balaban J connectivity index is 1.82. The lowest BCUT2D eigenvalue weighted by molar-refractivity contribution is 0.302. The van der Waals surface area contributed by atoms with Gasteiger partial charge in [-0.2, -0.15) is 0 Å². The normalized spacial score (nSPS) is 11.2. The Morgan fingerprint density at radius 2 is 1.85 bits per heavy atom. The number of benzene rings is 2. The molecule has 0 saturated carbocycles. The second-order valence-corrected chi connectivity index (χ2v) is 7.37. The zero-order valence-corrected chi connectivity index (χ0v) is 15.4. The molecule has 0 amide bonds. The molecule has 0 atom stereocenters. The van der Waals surface area contributed by atoms with E-state index in [4.69, 9.17) is 4.74 Å². The van der Waals surface area contributed by atoms with E-state index in [0.717, 1.165) is 12.5 Å². The summed E-state index contributed by atoms with van der Waals surface area (Å²) in [5, 5.41) is 8.10. The van der Waals surface area contributed by atoms with Gasteiger partial charge in [0.25, 0.3) is 10.0 Å². The van der Waals surface area contributed by atoms with Gasteiger partial charge in [-0.15, -0.1) is 10.2 Å². The van der Waals surface area contributed by atoms with Crippen molar-refractivity contribution in [2.24, 2.45) is 0 Å². The predicted octanol–water partition coefficient (Wildman–Crippen LogP) is 3.87. The van der Waals surface area contributed by atoms with Crippen LogP contribution < -0.4 is 9.46 Å². The van der Waals surface area contributed by atoms with Crippen LogP contribution in [0.4, 0.5) is 10.1 Å². The Labute approximate surface area is 157 Å². The first-order chi connectivity index (χ1) is 13.0. The molecule has 0 aliphatic carbocycles. The second-order valence-electron chi connectivity index (χ2n) is 5.72. The molecule has 0 unspecified atom stereocenters. The molecule has 1 N–H and O–H groups in total. The summed E-state index contributed by atoms with van der Waals surface area (Å²) in [4.78, 5) is -0.410. The summed E-state index contributed by atoms with van der Waals surface area (Å²) in [7, 11) is -4.04. The van der Waals surface area contributed by atoms with E-state index in [0.29, 0.717) is 29.4 Å². The topological polar surface area (TPSA) is 81.2 Å². The number of hydrogen-bond donors (Lipinski definition) is 1. The van der Waals surface area contributed by atoms with Crippen molar-refractivity contribution >= 4 is 15.7 Å². The second kappa shape index (κ2) is 8.13. The summed E-state index contributed by atoms with van der Waals surface area (Å²) in [6, 6.07) is 15.3. The van der Waals surface area contributed by atoms with Crippen LogP contribution in [-0.2, 0) is 10.0 Å². The predicted molar refractivity (Wildman–Crippen MR) is 100 cm³/mol. The highest BCUT2D eigenvalue weighted by atomic mass is 32.2. The molecule has 140 valence electrons. The van der Waals surface area contributed by atoms with Crippen LogP contribution in [0.2, 0.25) is 0 Å². The molecule has 3 aromatic rings. The van der Waals surface area contributed by atoms with Crippen molar-refractivity contribution in [2.75, 3.05) is 11.3 Å².